The van der Waals surface area contributed by atoms with E-state index in [-0.39, 0.29) is 24.0 Å². The lowest BCUT2D eigenvalue weighted by Crippen LogP contribution is -2.38. The van der Waals surface area contributed by atoms with E-state index >= 15 is 0 Å². The summed E-state index contributed by atoms with van der Waals surface area (Å²) < 4.78 is 26.8. The van der Waals surface area contributed by atoms with Crippen molar-refractivity contribution in [1.29, 1.82) is 0 Å². The number of nitrogens with one attached hydrogen (secondary N) is 2. The standard InChI is InChI=1S/C20H26F2N4.HI/c1-14-11-18(26(3)4)7-5-16(14)13-25-20(23-2)24-10-9-15-12-17(21)6-8-19(15)22;/h5-8,11-12H,9-10,13H2,1-4H3,(H2,23,24,25);1H. The fraction of sp³-hybridized carbons (Fsp3) is 0.350. The molecule has 0 aromatic heterocycles. The van der Waals surface area contributed by atoms with Crippen molar-refractivity contribution in [2.24, 2.45) is 4.99 Å². The summed E-state index contributed by atoms with van der Waals surface area (Å²) in [4.78, 5) is 6.23. The van der Waals surface area contributed by atoms with E-state index in [9.17, 15) is 8.78 Å². The number of hydrogen-bond donors (Lipinski definition) is 2. The Bertz CT molecular complexity index is 779. The second kappa shape index (κ2) is 11.1. The molecule has 2 aromatic rings. The predicted octanol–water partition coefficient (Wildman–Crippen LogP) is 3.86. The lowest BCUT2D eigenvalue weighted by atomic mass is 10.1. The van der Waals surface area contributed by atoms with E-state index in [1.165, 1.54) is 17.2 Å². The third-order valence-corrected chi connectivity index (χ3v) is 4.21. The highest BCUT2D eigenvalue weighted by Crippen LogP contribution is 2.17. The van der Waals surface area contributed by atoms with Gasteiger partial charge in [0.25, 0.3) is 0 Å². The minimum Gasteiger partial charge on any atom is -0.378 e. The maximum absolute atomic E-state index is 13.6. The Labute approximate surface area is 177 Å². The molecule has 0 radical (unpaired) electrons. The lowest BCUT2D eigenvalue weighted by molar-refractivity contribution is 0.583. The minimum absolute atomic E-state index is 0. The third-order valence-electron chi connectivity index (χ3n) is 4.21. The van der Waals surface area contributed by atoms with Gasteiger partial charge in [-0.25, -0.2) is 8.78 Å². The topological polar surface area (TPSA) is 39.7 Å². The van der Waals surface area contributed by atoms with Crippen molar-refractivity contribution in [1.82, 2.24) is 10.6 Å². The smallest absolute Gasteiger partial charge is 0.191 e. The van der Waals surface area contributed by atoms with E-state index < -0.39 is 11.6 Å². The molecule has 2 rings (SSSR count). The Morgan fingerprint density at radius 3 is 2.41 bits per heavy atom. The fourth-order valence-corrected chi connectivity index (χ4v) is 2.61. The number of benzene rings is 2. The molecule has 7 heteroatoms. The first-order valence-electron chi connectivity index (χ1n) is 8.56. The predicted molar refractivity (Wildman–Crippen MR) is 119 cm³/mol. The van der Waals surface area contributed by atoms with Crippen LogP contribution in [0.4, 0.5) is 14.5 Å². The summed E-state index contributed by atoms with van der Waals surface area (Å²) in [5, 5.41) is 6.37. The second-order valence-electron chi connectivity index (χ2n) is 6.34. The van der Waals surface area contributed by atoms with Crippen LogP contribution in [0.5, 0.6) is 0 Å². The van der Waals surface area contributed by atoms with Crippen LogP contribution in [-0.4, -0.2) is 33.6 Å². The average Bonchev–Trinajstić information content (AvgIpc) is 2.61. The van der Waals surface area contributed by atoms with Crippen LogP contribution < -0.4 is 15.5 Å². The molecule has 0 aliphatic heterocycles. The fourth-order valence-electron chi connectivity index (χ4n) is 2.61. The van der Waals surface area contributed by atoms with Crippen LogP contribution in [0.15, 0.2) is 41.4 Å². The van der Waals surface area contributed by atoms with Gasteiger partial charge in [0, 0.05) is 39.9 Å². The number of guanidine groups is 1. The minimum atomic E-state index is -0.430. The molecule has 0 saturated heterocycles. The van der Waals surface area contributed by atoms with Gasteiger partial charge < -0.3 is 15.5 Å². The highest BCUT2D eigenvalue weighted by Gasteiger charge is 2.06. The quantitative estimate of drug-likeness (QED) is 0.369. The molecule has 4 nitrogen and oxygen atoms in total. The summed E-state index contributed by atoms with van der Waals surface area (Å²) in [7, 11) is 5.71. The highest BCUT2D eigenvalue weighted by atomic mass is 127. The Hall–Kier alpha value is -1.90. The molecule has 0 aliphatic rings. The van der Waals surface area contributed by atoms with Gasteiger partial charge in [0.2, 0.25) is 0 Å². The first-order valence-corrected chi connectivity index (χ1v) is 8.56. The van der Waals surface area contributed by atoms with Crippen LogP contribution in [-0.2, 0) is 13.0 Å². The van der Waals surface area contributed by atoms with E-state index in [2.05, 4.69) is 45.6 Å². The van der Waals surface area contributed by atoms with Gasteiger partial charge in [-0.2, -0.15) is 0 Å². The zero-order chi connectivity index (χ0) is 19.1. The van der Waals surface area contributed by atoms with Gasteiger partial charge in [0.1, 0.15) is 11.6 Å². The SMILES string of the molecule is CN=C(NCCc1cc(F)ccc1F)NCc1ccc(N(C)C)cc1C.I. The molecule has 0 heterocycles. The number of aliphatic imine (C=N–C) groups is 1. The molecule has 148 valence electrons. The number of hydrogen-bond acceptors (Lipinski definition) is 2. The molecule has 0 bridgehead atoms. The van der Waals surface area contributed by atoms with Crippen LogP contribution in [0.2, 0.25) is 0 Å². The van der Waals surface area contributed by atoms with Crippen molar-refractivity contribution in [2.75, 3.05) is 32.6 Å². The normalized spacial score (nSPS) is 11.0. The molecule has 0 amide bonds. The van der Waals surface area contributed by atoms with Crippen molar-refractivity contribution in [3.8, 4) is 0 Å². The molecule has 0 fully saturated rings. The number of aryl methyl sites for hydroxylation is 1. The second-order valence-corrected chi connectivity index (χ2v) is 6.34. The summed E-state index contributed by atoms with van der Waals surface area (Å²) in [6.45, 7) is 3.17. The van der Waals surface area contributed by atoms with Crippen molar-refractivity contribution in [3.63, 3.8) is 0 Å². The van der Waals surface area contributed by atoms with Gasteiger partial charge in [-0.1, -0.05) is 6.07 Å². The lowest BCUT2D eigenvalue weighted by Gasteiger charge is -2.16. The molecular weight excluding hydrogens is 461 g/mol. The van der Waals surface area contributed by atoms with Gasteiger partial charge in [-0.15, -0.1) is 24.0 Å². The van der Waals surface area contributed by atoms with Gasteiger partial charge in [-0.3, -0.25) is 4.99 Å². The summed E-state index contributed by atoms with van der Waals surface area (Å²) in [6, 6.07) is 9.80. The molecule has 0 spiro atoms. The maximum Gasteiger partial charge on any atom is 0.191 e. The van der Waals surface area contributed by atoms with E-state index in [0.717, 1.165) is 17.8 Å². The van der Waals surface area contributed by atoms with E-state index in [1.807, 2.05) is 14.1 Å². The van der Waals surface area contributed by atoms with Crippen LogP contribution >= 0.6 is 24.0 Å². The van der Waals surface area contributed by atoms with E-state index in [1.54, 1.807) is 7.05 Å². The Morgan fingerprint density at radius 1 is 1.04 bits per heavy atom. The summed E-state index contributed by atoms with van der Waals surface area (Å²) in [5.74, 6) is -0.203. The Balaban J connectivity index is 0.00000364. The van der Waals surface area contributed by atoms with Crippen molar-refractivity contribution >= 4 is 35.6 Å². The van der Waals surface area contributed by atoms with Crippen LogP contribution in [0.3, 0.4) is 0 Å². The third kappa shape index (κ3) is 6.97. The van der Waals surface area contributed by atoms with E-state index in [0.29, 0.717) is 31.0 Å². The monoisotopic (exact) mass is 488 g/mol. The van der Waals surface area contributed by atoms with Gasteiger partial charge in [0.05, 0.1) is 0 Å². The van der Waals surface area contributed by atoms with Crippen molar-refractivity contribution in [3.05, 3.63) is 64.7 Å². The number of nitrogens with zero attached hydrogens (tertiary/aromatic N) is 2. The van der Waals surface area contributed by atoms with Crippen LogP contribution in [0.1, 0.15) is 16.7 Å². The van der Waals surface area contributed by atoms with Crippen molar-refractivity contribution < 1.29 is 8.78 Å². The van der Waals surface area contributed by atoms with E-state index in [4.69, 9.17) is 0 Å². The molecule has 2 N–H and O–H groups in total. The summed E-state index contributed by atoms with van der Waals surface area (Å²) in [5.41, 5.74) is 3.88. The Morgan fingerprint density at radius 2 is 1.78 bits per heavy atom. The summed E-state index contributed by atoms with van der Waals surface area (Å²) in [6.07, 6.45) is 0.376. The molecular formula is C20H27F2IN4. The molecule has 0 atom stereocenters. The Kier molecular flexibility index (Phi) is 9.48. The van der Waals surface area contributed by atoms with Gasteiger partial charge >= 0.3 is 0 Å². The van der Waals surface area contributed by atoms with Crippen LogP contribution in [0.25, 0.3) is 0 Å². The molecule has 0 aliphatic carbocycles. The highest BCUT2D eigenvalue weighted by molar-refractivity contribution is 14.0. The van der Waals surface area contributed by atoms with Gasteiger partial charge in [-0.05, 0) is 60.4 Å². The largest absolute Gasteiger partial charge is 0.378 e. The van der Waals surface area contributed by atoms with Crippen molar-refractivity contribution in [2.45, 2.75) is 19.9 Å². The first kappa shape index (κ1) is 23.1. The van der Waals surface area contributed by atoms with Crippen LogP contribution in [0, 0.1) is 18.6 Å². The molecule has 27 heavy (non-hydrogen) atoms. The molecule has 0 saturated carbocycles. The first-order chi connectivity index (χ1) is 12.4. The number of halogens is 3. The number of rotatable bonds is 6. The maximum atomic E-state index is 13.6. The number of anilines is 1. The summed E-state index contributed by atoms with van der Waals surface area (Å²) >= 11 is 0. The van der Waals surface area contributed by atoms with Gasteiger partial charge in [0.15, 0.2) is 5.96 Å². The zero-order valence-corrected chi connectivity index (χ0v) is 18.5. The average molecular weight is 488 g/mol. The zero-order valence-electron chi connectivity index (χ0n) is 16.1. The molecule has 2 aromatic carbocycles. The molecule has 0 unspecified atom stereocenters.